The van der Waals surface area contributed by atoms with E-state index in [1.165, 1.54) is 0 Å². The molecule has 0 aromatic carbocycles. The molecule has 0 spiro atoms. The minimum atomic E-state index is 0. The molecule has 3 heteroatoms. The van der Waals surface area contributed by atoms with Gasteiger partial charge in [-0.2, -0.15) is 0 Å². The van der Waals surface area contributed by atoms with E-state index < -0.39 is 0 Å². The van der Waals surface area contributed by atoms with E-state index in [-0.39, 0.29) is 20.4 Å². The molecule has 0 unspecified atom stereocenters. The molecule has 0 saturated carbocycles. The summed E-state index contributed by atoms with van der Waals surface area (Å²) < 4.78 is 0. The van der Waals surface area contributed by atoms with E-state index in [4.69, 9.17) is 0 Å². The Morgan fingerprint density at radius 2 is 1.80 bits per heavy atom. The Morgan fingerprint density at radius 3 is 1.80 bits per heavy atom. The zero-order valence-electron chi connectivity index (χ0n) is 2.56. The summed E-state index contributed by atoms with van der Waals surface area (Å²) in [6.45, 7) is 0. The first kappa shape index (κ1) is 9.61. The van der Waals surface area contributed by atoms with Crippen molar-refractivity contribution >= 4 is 25.3 Å². The van der Waals surface area contributed by atoms with E-state index in [0.29, 0.717) is 0 Å². The fraction of sp³-hybridized carbons (Fsp3) is 0.500. The Hall–Kier alpha value is 1.36. The summed E-state index contributed by atoms with van der Waals surface area (Å²) in [4.78, 5) is 0. The third-order valence-corrected chi connectivity index (χ3v) is 0.735. The van der Waals surface area contributed by atoms with Gasteiger partial charge in [0.05, 0.1) is 0 Å². The van der Waals surface area contributed by atoms with Crippen molar-refractivity contribution in [1.29, 1.82) is 0 Å². The summed E-state index contributed by atoms with van der Waals surface area (Å²) in [7, 11) is 0. The van der Waals surface area contributed by atoms with Crippen LogP contribution in [-0.2, 0) is 20.4 Å². The van der Waals surface area contributed by atoms with E-state index in [2.05, 4.69) is 25.3 Å². The standard InChI is InChI=1S/C2H5S2.Re/c3-1-2-4;/h1,3-4H,2H2;/q-1;. The van der Waals surface area contributed by atoms with Gasteiger partial charge >= 0.3 is 0 Å². The molecule has 0 saturated heterocycles. The van der Waals surface area contributed by atoms with E-state index in [9.17, 15) is 0 Å². The molecule has 0 aliphatic carbocycles. The molecule has 0 fully saturated rings. The van der Waals surface area contributed by atoms with Gasteiger partial charge in [-0.15, -0.1) is 5.75 Å². The number of rotatable bonds is 1. The SMILES string of the molecule is S[CH-]CS.[Re]. The van der Waals surface area contributed by atoms with Gasteiger partial charge in [0, 0.05) is 20.4 Å². The van der Waals surface area contributed by atoms with Crippen LogP contribution in [0.15, 0.2) is 0 Å². The van der Waals surface area contributed by atoms with Crippen LogP contribution >= 0.6 is 25.3 Å². The third kappa shape index (κ3) is 10.9. The Kier molecular flexibility index (Phi) is 17.4. The fourth-order valence-corrected chi connectivity index (χ4v) is 0. The number of hydrogen-bond donors (Lipinski definition) is 2. The maximum Gasteiger partial charge on any atom is 0 e. The van der Waals surface area contributed by atoms with Crippen molar-refractivity contribution in [2.24, 2.45) is 0 Å². The van der Waals surface area contributed by atoms with Crippen LogP contribution in [0.25, 0.3) is 0 Å². The minimum Gasteiger partial charge on any atom is -0.368 e. The van der Waals surface area contributed by atoms with Crippen LogP contribution in [0.2, 0.25) is 0 Å². The van der Waals surface area contributed by atoms with Gasteiger partial charge in [0.1, 0.15) is 0 Å². The molecule has 0 bridgehead atoms. The van der Waals surface area contributed by atoms with E-state index in [1.54, 1.807) is 5.75 Å². The average molecular weight is 279 g/mol. The third-order valence-electron chi connectivity index (χ3n) is 0.0816. The van der Waals surface area contributed by atoms with Gasteiger partial charge in [0.15, 0.2) is 0 Å². The summed E-state index contributed by atoms with van der Waals surface area (Å²) in [6, 6.07) is 0. The van der Waals surface area contributed by atoms with Crippen molar-refractivity contribution in [3.8, 4) is 0 Å². The van der Waals surface area contributed by atoms with Crippen LogP contribution in [0.4, 0.5) is 0 Å². The largest absolute Gasteiger partial charge is 0.368 e. The molecular weight excluding hydrogens is 274 g/mol. The van der Waals surface area contributed by atoms with E-state index in [1.807, 2.05) is 0 Å². The Balaban J connectivity index is 0. The van der Waals surface area contributed by atoms with Crippen LogP contribution < -0.4 is 0 Å². The van der Waals surface area contributed by atoms with Crippen molar-refractivity contribution in [2.75, 3.05) is 5.75 Å². The summed E-state index contributed by atoms with van der Waals surface area (Å²) in [5, 5.41) is 0. The van der Waals surface area contributed by atoms with Crippen LogP contribution in [0.3, 0.4) is 0 Å². The maximum absolute atomic E-state index is 3.79. The summed E-state index contributed by atoms with van der Waals surface area (Å²) >= 11 is 7.51. The van der Waals surface area contributed by atoms with Gasteiger partial charge in [0.25, 0.3) is 0 Å². The van der Waals surface area contributed by atoms with Crippen LogP contribution in [0.5, 0.6) is 0 Å². The Morgan fingerprint density at radius 1 is 1.60 bits per heavy atom. The normalized spacial score (nSPS) is 6.00. The second kappa shape index (κ2) is 9.03. The Bertz CT molecular complexity index is 9.61. The first-order valence-electron chi connectivity index (χ1n) is 0.983. The van der Waals surface area contributed by atoms with Crippen LogP contribution in [-0.4, -0.2) is 5.75 Å². The van der Waals surface area contributed by atoms with E-state index >= 15 is 0 Å². The first-order valence-corrected chi connectivity index (χ1v) is 2.13. The molecule has 0 aliphatic heterocycles. The van der Waals surface area contributed by atoms with Gasteiger partial charge in [0.2, 0.25) is 0 Å². The van der Waals surface area contributed by atoms with Crippen molar-refractivity contribution in [2.45, 2.75) is 0 Å². The second-order valence-corrected chi connectivity index (χ2v) is 1.10. The van der Waals surface area contributed by atoms with Crippen LogP contribution in [0, 0.1) is 5.75 Å². The summed E-state index contributed by atoms with van der Waals surface area (Å²) in [5.74, 6) is 2.44. The fourth-order valence-electron chi connectivity index (χ4n) is 0. The van der Waals surface area contributed by atoms with Crippen LogP contribution in [0.1, 0.15) is 0 Å². The first-order chi connectivity index (χ1) is 1.91. The van der Waals surface area contributed by atoms with Crippen molar-refractivity contribution in [1.82, 2.24) is 0 Å². The molecule has 0 amide bonds. The summed E-state index contributed by atoms with van der Waals surface area (Å²) in [6.07, 6.45) is 0. The van der Waals surface area contributed by atoms with Gasteiger partial charge < -0.3 is 12.6 Å². The molecule has 0 atom stereocenters. The molecule has 0 nitrogen and oxygen atoms in total. The van der Waals surface area contributed by atoms with Crippen molar-refractivity contribution in [3.63, 3.8) is 0 Å². The average Bonchev–Trinajstić information content (AvgIpc) is 1.37. The van der Waals surface area contributed by atoms with Gasteiger partial charge in [-0.1, -0.05) is 0 Å². The minimum absolute atomic E-state index is 0. The van der Waals surface area contributed by atoms with Crippen molar-refractivity contribution < 1.29 is 20.4 Å². The van der Waals surface area contributed by atoms with Crippen molar-refractivity contribution in [3.05, 3.63) is 5.75 Å². The molecule has 33 valence electrons. The molecule has 0 N–H and O–H groups in total. The molecule has 0 aromatic rings. The maximum atomic E-state index is 3.79. The monoisotopic (exact) mass is 280 g/mol. The quantitative estimate of drug-likeness (QED) is 0.519. The molecule has 0 heterocycles. The predicted molar refractivity (Wildman–Crippen MR) is 27.1 cm³/mol. The zero-order chi connectivity index (χ0) is 3.41. The van der Waals surface area contributed by atoms with Gasteiger partial charge in [-0.05, 0) is 0 Å². The van der Waals surface area contributed by atoms with E-state index in [0.717, 1.165) is 5.75 Å². The zero-order valence-corrected chi connectivity index (χ0v) is 7.06. The predicted octanol–water partition coefficient (Wildman–Crippen LogP) is 1.01. The smallest absolute Gasteiger partial charge is 0 e. The van der Waals surface area contributed by atoms with Gasteiger partial charge in [-0.25, -0.2) is 12.6 Å². The molecular formula is C2H5ReS2-. The number of thiol groups is 2. The Labute approximate surface area is 57.2 Å². The molecule has 0 aromatic heterocycles. The van der Waals surface area contributed by atoms with Gasteiger partial charge in [-0.3, -0.25) is 5.75 Å². The molecule has 0 aliphatic rings. The molecule has 1 radical (unpaired) electrons. The molecule has 5 heavy (non-hydrogen) atoms. The number of hydrogen-bond acceptors (Lipinski definition) is 2. The second-order valence-electron chi connectivity index (χ2n) is 0.365. The topological polar surface area (TPSA) is 0 Å². The molecule has 0 rings (SSSR count). The summed E-state index contributed by atoms with van der Waals surface area (Å²) in [5.41, 5.74) is 0.